The predicted molar refractivity (Wildman–Crippen MR) is 172 cm³/mol. The molecular formula is C33H33F3N6O3S. The van der Waals surface area contributed by atoms with Gasteiger partial charge in [0.05, 0.1) is 17.1 Å². The lowest BCUT2D eigenvalue weighted by molar-refractivity contribution is -0.274. The van der Waals surface area contributed by atoms with Gasteiger partial charge in [-0.3, -0.25) is 9.69 Å². The van der Waals surface area contributed by atoms with E-state index in [0.717, 1.165) is 27.9 Å². The van der Waals surface area contributed by atoms with Crippen LogP contribution in [0, 0.1) is 6.92 Å². The zero-order chi connectivity index (χ0) is 33.0. The number of halogens is 3. The number of aromatic nitrogens is 3. The standard InChI is InChI=1S/C33H33F3N6O3S/c1-20(2)27-16-5-21(3)17-28(27)42-29(43)18-46-32(42)39-31(44)38-22(4)6-7-23-8-10-24(11-9-23)30-37-19-41(40-30)25-12-14-26(15-13-25)45-33(34,35)36/h5,8-17,19-20,22H,6-7,18H2,1-4H3,(H,38,44). The number of nitrogens with zero attached hydrogens (tertiary/aromatic N) is 5. The second-order valence-corrected chi connectivity index (χ2v) is 12.2. The van der Waals surface area contributed by atoms with Gasteiger partial charge in [0.15, 0.2) is 11.0 Å². The number of carbonyl (C=O) groups excluding carboxylic acids is 2. The molecule has 0 saturated carbocycles. The van der Waals surface area contributed by atoms with E-state index < -0.39 is 12.4 Å². The number of amides is 3. The third-order valence-corrected chi connectivity index (χ3v) is 8.21. The lowest BCUT2D eigenvalue weighted by Gasteiger charge is -2.22. The molecule has 0 bridgehead atoms. The zero-order valence-corrected chi connectivity index (χ0v) is 26.5. The summed E-state index contributed by atoms with van der Waals surface area (Å²) < 4.78 is 42.6. The van der Waals surface area contributed by atoms with Gasteiger partial charge in [-0.05, 0) is 79.6 Å². The highest BCUT2D eigenvalue weighted by Gasteiger charge is 2.33. The van der Waals surface area contributed by atoms with Crippen LogP contribution in [0.25, 0.3) is 17.1 Å². The van der Waals surface area contributed by atoms with Gasteiger partial charge in [-0.2, -0.15) is 4.99 Å². The average molecular weight is 651 g/mol. The van der Waals surface area contributed by atoms with E-state index in [1.165, 1.54) is 47.0 Å². The molecule has 9 nitrogen and oxygen atoms in total. The molecule has 1 fully saturated rings. The Morgan fingerprint density at radius 3 is 2.46 bits per heavy atom. The van der Waals surface area contributed by atoms with Crippen molar-refractivity contribution < 1.29 is 27.5 Å². The number of urea groups is 1. The molecular weight excluding hydrogens is 617 g/mol. The first kappa shape index (κ1) is 32.7. The Morgan fingerprint density at radius 1 is 1.07 bits per heavy atom. The molecule has 0 radical (unpaired) electrons. The lowest BCUT2D eigenvalue weighted by Crippen LogP contribution is -2.34. The Kier molecular flexibility index (Phi) is 9.80. The lowest BCUT2D eigenvalue weighted by atomic mass is 9.99. The van der Waals surface area contributed by atoms with Gasteiger partial charge in [0.25, 0.3) is 0 Å². The number of rotatable bonds is 9. The summed E-state index contributed by atoms with van der Waals surface area (Å²) in [5.74, 6) is 0.473. The molecule has 46 heavy (non-hydrogen) atoms. The maximum Gasteiger partial charge on any atom is 0.573 e. The van der Waals surface area contributed by atoms with Crippen molar-refractivity contribution in [3.63, 3.8) is 0 Å². The van der Waals surface area contributed by atoms with Crippen molar-refractivity contribution in [2.45, 2.75) is 58.9 Å². The van der Waals surface area contributed by atoms with Crippen molar-refractivity contribution in [1.29, 1.82) is 0 Å². The van der Waals surface area contributed by atoms with E-state index in [2.05, 4.69) is 39.0 Å². The maximum absolute atomic E-state index is 12.9. The Balaban J connectivity index is 1.16. The molecule has 1 aliphatic heterocycles. The van der Waals surface area contributed by atoms with E-state index >= 15 is 0 Å². The molecule has 1 saturated heterocycles. The molecule has 1 N–H and O–H groups in total. The quantitative estimate of drug-likeness (QED) is 0.202. The number of hydrogen-bond acceptors (Lipinski definition) is 6. The van der Waals surface area contributed by atoms with Crippen LogP contribution in [0.5, 0.6) is 5.75 Å². The summed E-state index contributed by atoms with van der Waals surface area (Å²) in [6.07, 6.45) is -1.90. The van der Waals surface area contributed by atoms with Crippen LogP contribution in [0.3, 0.4) is 0 Å². The highest BCUT2D eigenvalue weighted by atomic mass is 32.2. The number of aryl methyl sites for hydroxylation is 2. The number of nitrogens with one attached hydrogen (secondary N) is 1. The molecule has 1 aliphatic rings. The minimum atomic E-state index is -4.76. The van der Waals surface area contributed by atoms with Gasteiger partial charge in [-0.1, -0.05) is 62.0 Å². The first-order valence-corrected chi connectivity index (χ1v) is 15.7. The molecule has 1 atom stereocenters. The summed E-state index contributed by atoms with van der Waals surface area (Å²) >= 11 is 1.26. The molecule has 5 rings (SSSR count). The Bertz CT molecular complexity index is 1740. The monoisotopic (exact) mass is 650 g/mol. The first-order valence-electron chi connectivity index (χ1n) is 14.7. The fraction of sp³-hybridized carbons (Fsp3) is 0.303. The Labute approximate surface area is 268 Å². The number of amidine groups is 1. The normalized spacial score (nSPS) is 15.1. The first-order chi connectivity index (χ1) is 21.9. The summed E-state index contributed by atoms with van der Waals surface area (Å²) in [5, 5.41) is 7.73. The largest absolute Gasteiger partial charge is 0.573 e. The van der Waals surface area contributed by atoms with Crippen molar-refractivity contribution in [3.05, 3.63) is 89.7 Å². The van der Waals surface area contributed by atoms with Crippen LogP contribution in [0.1, 0.15) is 49.8 Å². The number of alkyl halides is 3. The molecule has 1 aromatic heterocycles. The van der Waals surface area contributed by atoms with Gasteiger partial charge in [0, 0.05) is 11.6 Å². The fourth-order valence-electron chi connectivity index (χ4n) is 4.94. The molecule has 1 unspecified atom stereocenters. The van der Waals surface area contributed by atoms with E-state index in [0.29, 0.717) is 29.5 Å². The van der Waals surface area contributed by atoms with Crippen molar-refractivity contribution in [2.24, 2.45) is 4.99 Å². The minimum absolute atomic E-state index is 0.101. The zero-order valence-electron chi connectivity index (χ0n) is 25.7. The third-order valence-electron chi connectivity index (χ3n) is 7.29. The van der Waals surface area contributed by atoms with E-state index in [4.69, 9.17) is 0 Å². The highest BCUT2D eigenvalue weighted by molar-refractivity contribution is 8.15. The summed E-state index contributed by atoms with van der Waals surface area (Å²) in [6, 6.07) is 18.4. The van der Waals surface area contributed by atoms with Crippen LogP contribution in [-0.4, -0.2) is 50.0 Å². The molecule has 240 valence electrons. The van der Waals surface area contributed by atoms with Gasteiger partial charge in [-0.15, -0.1) is 18.3 Å². The number of aliphatic imine (C=N–C) groups is 1. The topological polar surface area (TPSA) is 102 Å². The van der Waals surface area contributed by atoms with Crippen molar-refractivity contribution in [3.8, 4) is 22.8 Å². The van der Waals surface area contributed by atoms with Crippen LogP contribution in [0.2, 0.25) is 0 Å². The Morgan fingerprint density at radius 2 is 1.78 bits per heavy atom. The van der Waals surface area contributed by atoms with E-state index in [1.807, 2.05) is 56.3 Å². The van der Waals surface area contributed by atoms with Gasteiger partial charge in [-0.25, -0.2) is 14.5 Å². The third kappa shape index (κ3) is 8.13. The van der Waals surface area contributed by atoms with Crippen molar-refractivity contribution in [1.82, 2.24) is 20.1 Å². The fourth-order valence-corrected chi connectivity index (χ4v) is 5.80. The molecule has 13 heteroatoms. The summed E-state index contributed by atoms with van der Waals surface area (Å²) in [7, 11) is 0. The number of anilines is 1. The summed E-state index contributed by atoms with van der Waals surface area (Å²) in [6.45, 7) is 8.01. The van der Waals surface area contributed by atoms with Crippen LogP contribution in [-0.2, 0) is 11.2 Å². The molecule has 4 aromatic rings. The number of carbonyl (C=O) groups is 2. The number of ether oxygens (including phenoxy) is 1. The van der Waals surface area contributed by atoms with E-state index in [-0.39, 0.29) is 29.4 Å². The van der Waals surface area contributed by atoms with E-state index in [9.17, 15) is 22.8 Å². The Hall–Kier alpha value is -4.65. The number of thioether (sulfide) groups is 1. The van der Waals surface area contributed by atoms with Crippen LogP contribution < -0.4 is 15.0 Å². The van der Waals surface area contributed by atoms with Crippen LogP contribution in [0.4, 0.5) is 23.7 Å². The minimum Gasteiger partial charge on any atom is -0.406 e. The van der Waals surface area contributed by atoms with Gasteiger partial charge >= 0.3 is 12.4 Å². The van der Waals surface area contributed by atoms with Crippen molar-refractivity contribution in [2.75, 3.05) is 10.7 Å². The predicted octanol–water partition coefficient (Wildman–Crippen LogP) is 7.43. The number of hydrogen-bond donors (Lipinski definition) is 1. The van der Waals surface area contributed by atoms with Crippen molar-refractivity contribution >= 4 is 34.6 Å². The SMILES string of the molecule is Cc1ccc(C(C)C)c(N2C(=O)CSC2=NC(=O)NC(C)CCc2ccc(-c3ncn(-c4ccc(OC(F)(F)F)cc4)n3)cc2)c1. The molecule has 3 aromatic carbocycles. The average Bonchev–Trinajstić information content (AvgIpc) is 3.63. The highest BCUT2D eigenvalue weighted by Crippen LogP contribution is 2.34. The van der Waals surface area contributed by atoms with Gasteiger partial charge in [0.1, 0.15) is 12.1 Å². The smallest absolute Gasteiger partial charge is 0.406 e. The summed E-state index contributed by atoms with van der Waals surface area (Å²) in [4.78, 5) is 35.8. The van der Waals surface area contributed by atoms with Crippen LogP contribution in [0.15, 0.2) is 78.0 Å². The van der Waals surface area contributed by atoms with Crippen LogP contribution >= 0.6 is 11.8 Å². The molecule has 2 heterocycles. The molecule has 3 amide bonds. The second kappa shape index (κ2) is 13.8. The summed E-state index contributed by atoms with van der Waals surface area (Å²) in [5.41, 5.74) is 5.17. The maximum atomic E-state index is 12.9. The molecule has 0 spiro atoms. The van der Waals surface area contributed by atoms with E-state index in [1.54, 1.807) is 4.90 Å². The van der Waals surface area contributed by atoms with Gasteiger partial charge in [0.2, 0.25) is 5.91 Å². The molecule has 0 aliphatic carbocycles. The number of benzene rings is 3. The second-order valence-electron chi connectivity index (χ2n) is 11.3. The van der Waals surface area contributed by atoms with Gasteiger partial charge < -0.3 is 10.1 Å².